The minimum absolute atomic E-state index is 0.212. The Balaban J connectivity index is 1.92. The van der Waals surface area contributed by atoms with E-state index < -0.39 is 5.91 Å². The van der Waals surface area contributed by atoms with Crippen LogP contribution in [-0.2, 0) is 13.0 Å². The molecule has 0 radical (unpaired) electrons. The van der Waals surface area contributed by atoms with Crippen LogP contribution in [0, 0.1) is 12.7 Å². The third kappa shape index (κ3) is 5.88. The van der Waals surface area contributed by atoms with E-state index >= 15 is 0 Å². The third-order valence-electron chi connectivity index (χ3n) is 3.99. The molecule has 0 saturated heterocycles. The number of guanidine groups is 1. The number of nitrogens with two attached hydrogens (primary N) is 1. The highest BCUT2D eigenvalue weighted by Crippen LogP contribution is 2.10. The van der Waals surface area contributed by atoms with Crippen molar-refractivity contribution in [3.63, 3.8) is 0 Å². The number of halogens is 1. The zero-order valence-electron chi connectivity index (χ0n) is 15.2. The van der Waals surface area contributed by atoms with Gasteiger partial charge in [0, 0.05) is 18.7 Å². The van der Waals surface area contributed by atoms with Gasteiger partial charge in [-0.2, -0.15) is 0 Å². The smallest absolute Gasteiger partial charge is 0.248 e. The Morgan fingerprint density at radius 2 is 1.88 bits per heavy atom. The highest BCUT2D eigenvalue weighted by Gasteiger charge is 2.03. The predicted molar refractivity (Wildman–Crippen MR) is 103 cm³/mol. The summed E-state index contributed by atoms with van der Waals surface area (Å²) in [6.45, 7) is 5.85. The highest BCUT2D eigenvalue weighted by molar-refractivity contribution is 5.92. The lowest BCUT2D eigenvalue weighted by atomic mass is 10.1. The molecule has 0 heterocycles. The van der Waals surface area contributed by atoms with E-state index in [0.29, 0.717) is 24.6 Å². The molecule has 0 aliphatic rings. The van der Waals surface area contributed by atoms with E-state index in [1.54, 1.807) is 18.2 Å². The van der Waals surface area contributed by atoms with Gasteiger partial charge in [-0.05, 0) is 61.2 Å². The van der Waals surface area contributed by atoms with Crippen LogP contribution < -0.4 is 16.4 Å². The van der Waals surface area contributed by atoms with Crippen molar-refractivity contribution in [2.45, 2.75) is 26.8 Å². The van der Waals surface area contributed by atoms with Crippen LogP contribution in [0.2, 0.25) is 0 Å². The number of nitrogens with one attached hydrogen (secondary N) is 2. The summed E-state index contributed by atoms with van der Waals surface area (Å²) in [5.41, 5.74) is 8.77. The molecule has 0 fully saturated rings. The van der Waals surface area contributed by atoms with Crippen molar-refractivity contribution in [2.24, 2.45) is 10.7 Å². The van der Waals surface area contributed by atoms with Crippen molar-refractivity contribution in [3.05, 3.63) is 70.5 Å². The van der Waals surface area contributed by atoms with Crippen LogP contribution in [0.15, 0.2) is 47.5 Å². The molecule has 4 N–H and O–H groups in total. The number of amides is 1. The molecule has 26 heavy (non-hydrogen) atoms. The van der Waals surface area contributed by atoms with E-state index in [0.717, 1.165) is 29.7 Å². The summed E-state index contributed by atoms with van der Waals surface area (Å²) in [5, 5.41) is 6.48. The summed E-state index contributed by atoms with van der Waals surface area (Å²) in [7, 11) is 0. The van der Waals surface area contributed by atoms with Gasteiger partial charge in [0.25, 0.3) is 0 Å². The van der Waals surface area contributed by atoms with Gasteiger partial charge in [0.2, 0.25) is 5.91 Å². The molecule has 6 heteroatoms. The van der Waals surface area contributed by atoms with Gasteiger partial charge in [-0.1, -0.05) is 18.2 Å². The van der Waals surface area contributed by atoms with Gasteiger partial charge in [-0.3, -0.25) is 4.79 Å². The fourth-order valence-electron chi connectivity index (χ4n) is 2.54. The number of hydrogen-bond donors (Lipinski definition) is 3. The van der Waals surface area contributed by atoms with Crippen molar-refractivity contribution >= 4 is 11.9 Å². The van der Waals surface area contributed by atoms with E-state index in [1.165, 1.54) is 6.07 Å². The molecule has 0 aliphatic carbocycles. The maximum absolute atomic E-state index is 13.2. The van der Waals surface area contributed by atoms with Crippen molar-refractivity contribution in [1.82, 2.24) is 10.6 Å². The molecular formula is C20H25FN4O. The van der Waals surface area contributed by atoms with Crippen LogP contribution in [-0.4, -0.2) is 25.0 Å². The topological polar surface area (TPSA) is 79.5 Å². The Morgan fingerprint density at radius 3 is 2.50 bits per heavy atom. The number of aryl methyl sites for hydroxylation is 1. The molecule has 2 rings (SSSR count). The first-order valence-electron chi connectivity index (χ1n) is 8.65. The lowest BCUT2D eigenvalue weighted by Gasteiger charge is -2.12. The average molecular weight is 356 g/mol. The molecule has 0 unspecified atom stereocenters. The number of carbonyl (C=O) groups is 1. The van der Waals surface area contributed by atoms with Gasteiger partial charge in [-0.25, -0.2) is 9.38 Å². The molecule has 5 nitrogen and oxygen atoms in total. The molecule has 0 bridgehead atoms. The van der Waals surface area contributed by atoms with Gasteiger partial charge in [0.05, 0.1) is 6.54 Å². The van der Waals surface area contributed by atoms with E-state index in [4.69, 9.17) is 5.73 Å². The number of rotatable bonds is 7. The molecule has 2 aromatic rings. The van der Waals surface area contributed by atoms with Crippen molar-refractivity contribution in [1.29, 1.82) is 0 Å². The second kappa shape index (κ2) is 9.56. The van der Waals surface area contributed by atoms with Crippen molar-refractivity contribution < 1.29 is 9.18 Å². The van der Waals surface area contributed by atoms with Crippen molar-refractivity contribution in [3.8, 4) is 0 Å². The normalized spacial score (nSPS) is 11.3. The van der Waals surface area contributed by atoms with E-state index in [1.807, 2.05) is 32.0 Å². The minimum Gasteiger partial charge on any atom is -0.366 e. The van der Waals surface area contributed by atoms with Gasteiger partial charge in [-0.15, -0.1) is 0 Å². The predicted octanol–water partition coefficient (Wildman–Crippen LogP) is 2.53. The quantitative estimate of drug-likeness (QED) is 0.527. The summed E-state index contributed by atoms with van der Waals surface area (Å²) >= 11 is 0. The van der Waals surface area contributed by atoms with E-state index in [2.05, 4.69) is 15.6 Å². The standard InChI is InChI=1S/C20H25FN4O/c1-3-23-20(24-11-10-16-8-9-18(21)12-14(16)2)25-13-15-4-6-17(7-5-15)19(22)26/h4-9,12H,3,10-11,13H2,1-2H3,(H2,22,26)(H2,23,24,25). The second-order valence-corrected chi connectivity index (χ2v) is 6.00. The van der Waals surface area contributed by atoms with Crippen molar-refractivity contribution in [2.75, 3.05) is 13.1 Å². The zero-order valence-corrected chi connectivity index (χ0v) is 15.2. The summed E-state index contributed by atoms with van der Waals surface area (Å²) in [6, 6.07) is 11.9. The summed E-state index contributed by atoms with van der Waals surface area (Å²) in [6.07, 6.45) is 0.782. The molecular weight excluding hydrogens is 331 g/mol. The minimum atomic E-state index is -0.439. The lowest BCUT2D eigenvalue weighted by Crippen LogP contribution is -2.38. The number of aliphatic imine (C=N–C) groups is 1. The van der Waals surface area contributed by atoms with E-state index in [9.17, 15) is 9.18 Å². The zero-order chi connectivity index (χ0) is 18.9. The van der Waals surface area contributed by atoms with Crippen LogP contribution in [0.3, 0.4) is 0 Å². The number of nitrogens with zero attached hydrogens (tertiary/aromatic N) is 1. The third-order valence-corrected chi connectivity index (χ3v) is 3.99. The largest absolute Gasteiger partial charge is 0.366 e. The van der Waals surface area contributed by atoms with Crippen LogP contribution in [0.25, 0.3) is 0 Å². The monoisotopic (exact) mass is 356 g/mol. The number of benzene rings is 2. The van der Waals surface area contributed by atoms with Crippen LogP contribution in [0.5, 0.6) is 0 Å². The SMILES string of the molecule is CCNC(=NCc1ccc(C(N)=O)cc1)NCCc1ccc(F)cc1C. The first-order valence-corrected chi connectivity index (χ1v) is 8.65. The Hall–Kier alpha value is -2.89. The average Bonchev–Trinajstić information content (AvgIpc) is 2.61. The first-order chi connectivity index (χ1) is 12.5. The maximum atomic E-state index is 13.2. The highest BCUT2D eigenvalue weighted by atomic mass is 19.1. The van der Waals surface area contributed by atoms with Gasteiger partial charge in [0.15, 0.2) is 5.96 Å². The lowest BCUT2D eigenvalue weighted by molar-refractivity contribution is 0.100. The molecule has 2 aromatic carbocycles. The van der Waals surface area contributed by atoms with E-state index in [-0.39, 0.29) is 5.82 Å². The fourth-order valence-corrected chi connectivity index (χ4v) is 2.54. The van der Waals surface area contributed by atoms with Crippen LogP contribution >= 0.6 is 0 Å². The summed E-state index contributed by atoms with van der Waals surface area (Å²) < 4.78 is 13.2. The maximum Gasteiger partial charge on any atom is 0.248 e. The first kappa shape index (κ1) is 19.4. The van der Waals surface area contributed by atoms with Crippen LogP contribution in [0.4, 0.5) is 4.39 Å². The Morgan fingerprint density at radius 1 is 1.15 bits per heavy atom. The fraction of sp³-hybridized carbons (Fsp3) is 0.300. The molecule has 0 atom stereocenters. The van der Waals surface area contributed by atoms with Gasteiger partial charge < -0.3 is 16.4 Å². The number of hydrogen-bond acceptors (Lipinski definition) is 2. The second-order valence-electron chi connectivity index (χ2n) is 6.00. The molecule has 0 aromatic heterocycles. The van der Waals surface area contributed by atoms with Gasteiger partial charge in [0.1, 0.15) is 5.82 Å². The van der Waals surface area contributed by atoms with Crippen LogP contribution in [0.1, 0.15) is 34.0 Å². The number of primary amides is 1. The molecule has 0 spiro atoms. The molecule has 1 amide bonds. The summed E-state index contributed by atoms with van der Waals surface area (Å²) in [4.78, 5) is 15.6. The molecule has 0 saturated carbocycles. The molecule has 0 aliphatic heterocycles. The summed E-state index contributed by atoms with van der Waals surface area (Å²) in [5.74, 6) is 0.0638. The Labute approximate surface area is 153 Å². The Kier molecular flexibility index (Phi) is 7.14. The molecule has 138 valence electrons. The number of carbonyl (C=O) groups excluding carboxylic acids is 1. The Bertz CT molecular complexity index is 772. The van der Waals surface area contributed by atoms with Gasteiger partial charge >= 0.3 is 0 Å².